The number of nitrogens with zero attached hydrogens (tertiary/aromatic N) is 3. The maximum absolute atomic E-state index is 14.6. The van der Waals surface area contributed by atoms with Crippen molar-refractivity contribution in [3.05, 3.63) is 11.9 Å². The summed E-state index contributed by atoms with van der Waals surface area (Å²) >= 11 is 0. The Hall–Kier alpha value is -0.970. The molecule has 2 heterocycles. The highest BCUT2D eigenvalue weighted by Crippen LogP contribution is 2.31. The zero-order valence-corrected chi connectivity index (χ0v) is 9.91. The third-order valence-corrected chi connectivity index (χ3v) is 3.29. The first-order valence-electron chi connectivity index (χ1n) is 5.87. The summed E-state index contributed by atoms with van der Waals surface area (Å²) in [4.78, 5) is 0. The zero-order valence-electron chi connectivity index (χ0n) is 9.91. The van der Waals surface area contributed by atoms with E-state index in [1.165, 1.54) is 23.7 Å². The summed E-state index contributed by atoms with van der Waals surface area (Å²) in [6, 6.07) is 0.277. The first kappa shape index (κ1) is 11.5. The largest absolute Gasteiger partial charge is 0.314 e. The van der Waals surface area contributed by atoms with Crippen molar-refractivity contribution in [2.45, 2.75) is 44.3 Å². The Kier molecular flexibility index (Phi) is 3.23. The molecule has 0 radical (unpaired) electrons. The number of rotatable bonds is 3. The van der Waals surface area contributed by atoms with Crippen LogP contribution in [0.4, 0.5) is 4.39 Å². The van der Waals surface area contributed by atoms with Gasteiger partial charge < -0.3 is 5.32 Å². The second-order valence-corrected chi connectivity index (χ2v) is 4.79. The van der Waals surface area contributed by atoms with Gasteiger partial charge in [-0.25, -0.2) is 9.07 Å². The van der Waals surface area contributed by atoms with Gasteiger partial charge in [-0.2, -0.15) is 0 Å². The van der Waals surface area contributed by atoms with Gasteiger partial charge in [-0.1, -0.05) is 11.6 Å². The summed E-state index contributed by atoms with van der Waals surface area (Å²) in [5, 5.41) is 10.9. The average Bonchev–Trinajstić information content (AvgIpc) is 2.66. The Balaban J connectivity index is 2.04. The normalized spacial score (nSPS) is 25.3. The van der Waals surface area contributed by atoms with E-state index in [-0.39, 0.29) is 6.04 Å². The van der Waals surface area contributed by atoms with Crippen molar-refractivity contribution in [1.82, 2.24) is 20.3 Å². The molecular formula is C11H19FN4. The van der Waals surface area contributed by atoms with Crippen LogP contribution in [-0.2, 0) is 12.7 Å². The molecule has 0 bridgehead atoms. The predicted octanol–water partition coefficient (Wildman–Crippen LogP) is 1.53. The van der Waals surface area contributed by atoms with Gasteiger partial charge in [-0.15, -0.1) is 5.10 Å². The highest BCUT2D eigenvalue weighted by atomic mass is 19.1. The van der Waals surface area contributed by atoms with Gasteiger partial charge in [0, 0.05) is 19.5 Å². The monoisotopic (exact) mass is 226 g/mol. The van der Waals surface area contributed by atoms with E-state index in [2.05, 4.69) is 15.6 Å². The molecule has 2 atom stereocenters. The number of piperidine rings is 1. The Morgan fingerprint density at radius 1 is 1.62 bits per heavy atom. The SMILES string of the molecule is Cn1nncc1C(C)(F)CC1CCCCN1. The lowest BCUT2D eigenvalue weighted by molar-refractivity contribution is 0.135. The van der Waals surface area contributed by atoms with Crippen LogP contribution in [0.3, 0.4) is 0 Å². The molecule has 1 saturated heterocycles. The molecule has 1 aliphatic rings. The summed E-state index contributed by atoms with van der Waals surface area (Å²) in [6.07, 6.45) is 5.46. The Bertz CT molecular complexity index is 342. The van der Waals surface area contributed by atoms with Crippen LogP contribution in [0.1, 0.15) is 38.3 Å². The standard InChI is InChI=1S/C11H19FN4/c1-11(12,10-8-14-15-16(10)2)7-9-5-3-4-6-13-9/h8-9,13H,3-7H2,1-2H3. The van der Waals surface area contributed by atoms with Gasteiger partial charge in [0.05, 0.1) is 11.9 Å². The van der Waals surface area contributed by atoms with Crippen molar-refractivity contribution >= 4 is 0 Å². The Labute approximate surface area is 95.2 Å². The topological polar surface area (TPSA) is 42.7 Å². The van der Waals surface area contributed by atoms with Crippen LogP contribution in [0.2, 0.25) is 0 Å². The van der Waals surface area contributed by atoms with Gasteiger partial charge >= 0.3 is 0 Å². The van der Waals surface area contributed by atoms with Crippen molar-refractivity contribution in [3.63, 3.8) is 0 Å². The third-order valence-electron chi connectivity index (χ3n) is 3.29. The van der Waals surface area contributed by atoms with Crippen molar-refractivity contribution < 1.29 is 4.39 Å². The smallest absolute Gasteiger partial charge is 0.152 e. The lowest BCUT2D eigenvalue weighted by Gasteiger charge is -2.29. The van der Waals surface area contributed by atoms with Gasteiger partial charge in [-0.3, -0.25) is 0 Å². The van der Waals surface area contributed by atoms with E-state index in [1.807, 2.05) is 0 Å². The van der Waals surface area contributed by atoms with Crippen molar-refractivity contribution in [2.24, 2.45) is 7.05 Å². The fourth-order valence-corrected chi connectivity index (χ4v) is 2.43. The molecule has 90 valence electrons. The molecule has 0 aromatic carbocycles. The maximum atomic E-state index is 14.6. The molecule has 1 fully saturated rings. The zero-order chi connectivity index (χ0) is 11.6. The minimum atomic E-state index is -1.35. The highest BCUT2D eigenvalue weighted by Gasteiger charge is 2.33. The maximum Gasteiger partial charge on any atom is 0.152 e. The molecule has 1 aromatic heterocycles. The highest BCUT2D eigenvalue weighted by molar-refractivity contribution is 5.07. The minimum Gasteiger partial charge on any atom is -0.314 e. The molecule has 16 heavy (non-hydrogen) atoms. The Morgan fingerprint density at radius 3 is 3.00 bits per heavy atom. The van der Waals surface area contributed by atoms with E-state index in [0.717, 1.165) is 13.0 Å². The molecule has 2 unspecified atom stereocenters. The second kappa shape index (κ2) is 4.49. The first-order chi connectivity index (χ1) is 7.59. The number of aromatic nitrogens is 3. The molecule has 4 nitrogen and oxygen atoms in total. The summed E-state index contributed by atoms with van der Waals surface area (Å²) in [5.74, 6) is 0. The molecule has 1 N–H and O–H groups in total. The fraction of sp³-hybridized carbons (Fsp3) is 0.818. The van der Waals surface area contributed by atoms with Crippen LogP contribution in [0.25, 0.3) is 0 Å². The van der Waals surface area contributed by atoms with E-state index in [9.17, 15) is 4.39 Å². The van der Waals surface area contributed by atoms with E-state index in [0.29, 0.717) is 12.1 Å². The van der Waals surface area contributed by atoms with Gasteiger partial charge in [0.15, 0.2) is 5.67 Å². The van der Waals surface area contributed by atoms with Crippen LogP contribution >= 0.6 is 0 Å². The van der Waals surface area contributed by atoms with E-state index < -0.39 is 5.67 Å². The van der Waals surface area contributed by atoms with E-state index in [4.69, 9.17) is 0 Å². The summed E-state index contributed by atoms with van der Waals surface area (Å²) in [6.45, 7) is 2.62. The van der Waals surface area contributed by atoms with Crippen LogP contribution in [0, 0.1) is 0 Å². The molecular weight excluding hydrogens is 207 g/mol. The van der Waals surface area contributed by atoms with Gasteiger partial charge in [0.2, 0.25) is 0 Å². The first-order valence-corrected chi connectivity index (χ1v) is 5.87. The average molecular weight is 226 g/mol. The molecule has 0 amide bonds. The molecule has 2 rings (SSSR count). The van der Waals surface area contributed by atoms with Gasteiger partial charge in [-0.05, 0) is 26.3 Å². The lowest BCUT2D eigenvalue weighted by atomic mass is 9.91. The molecule has 0 saturated carbocycles. The van der Waals surface area contributed by atoms with E-state index >= 15 is 0 Å². The van der Waals surface area contributed by atoms with Crippen LogP contribution in [-0.4, -0.2) is 27.6 Å². The van der Waals surface area contributed by atoms with Crippen LogP contribution in [0.15, 0.2) is 6.20 Å². The fourth-order valence-electron chi connectivity index (χ4n) is 2.43. The van der Waals surface area contributed by atoms with Gasteiger partial charge in [0.1, 0.15) is 0 Å². The molecule has 0 aliphatic carbocycles. The molecule has 1 aliphatic heterocycles. The predicted molar refractivity (Wildman–Crippen MR) is 59.7 cm³/mol. The van der Waals surface area contributed by atoms with Crippen molar-refractivity contribution in [3.8, 4) is 0 Å². The second-order valence-electron chi connectivity index (χ2n) is 4.79. The minimum absolute atomic E-state index is 0.277. The summed E-state index contributed by atoms with van der Waals surface area (Å²) in [5.41, 5.74) is -0.798. The van der Waals surface area contributed by atoms with Gasteiger partial charge in [0.25, 0.3) is 0 Å². The molecule has 1 aromatic rings. The number of hydrogen-bond donors (Lipinski definition) is 1. The number of alkyl halides is 1. The van der Waals surface area contributed by atoms with Crippen LogP contribution in [0.5, 0.6) is 0 Å². The number of aryl methyl sites for hydroxylation is 1. The third kappa shape index (κ3) is 2.40. The number of halogens is 1. The molecule has 0 spiro atoms. The summed E-state index contributed by atoms with van der Waals surface area (Å²) in [7, 11) is 1.73. The summed E-state index contributed by atoms with van der Waals surface area (Å²) < 4.78 is 16.1. The van der Waals surface area contributed by atoms with E-state index in [1.54, 1.807) is 14.0 Å². The number of hydrogen-bond acceptors (Lipinski definition) is 3. The quantitative estimate of drug-likeness (QED) is 0.850. The van der Waals surface area contributed by atoms with Crippen molar-refractivity contribution in [1.29, 1.82) is 0 Å². The van der Waals surface area contributed by atoms with Crippen LogP contribution < -0.4 is 5.32 Å². The van der Waals surface area contributed by atoms with Crippen molar-refractivity contribution in [2.75, 3.05) is 6.54 Å². The molecule has 5 heteroatoms. The number of nitrogens with one attached hydrogen (secondary N) is 1. The lowest BCUT2D eigenvalue weighted by Crippen LogP contribution is -2.38. The Morgan fingerprint density at radius 2 is 2.44 bits per heavy atom.